The highest BCUT2D eigenvalue weighted by molar-refractivity contribution is 6.00. The average molecular weight is 445 g/mol. The standard InChI is InChI=1S/C25H28N6O2/c1-3-7-20-27-23(30-12-14-31(15-13-30)25(32)26-4-2)21-22(29-33-24(21)28-20)19-11-10-17-8-5-6-9-18(17)16-19/h5-6,8-11,16H,3-4,7,12-15H2,1-2H3,(H,26,32). The van der Waals surface area contributed by atoms with E-state index in [-0.39, 0.29) is 6.03 Å². The number of anilines is 1. The SMILES string of the molecule is CCCc1nc(N2CCN(C(=O)NCC)CC2)c2c(-c3ccc4ccccc4c3)noc2n1. The van der Waals surface area contributed by atoms with Crippen molar-refractivity contribution in [1.82, 2.24) is 25.3 Å². The third-order valence-corrected chi connectivity index (χ3v) is 6.05. The monoisotopic (exact) mass is 444 g/mol. The molecule has 3 heterocycles. The maximum absolute atomic E-state index is 12.2. The highest BCUT2D eigenvalue weighted by Crippen LogP contribution is 2.35. The molecule has 2 aromatic heterocycles. The first kappa shape index (κ1) is 21.2. The van der Waals surface area contributed by atoms with Crippen molar-refractivity contribution in [3.05, 3.63) is 48.3 Å². The lowest BCUT2D eigenvalue weighted by atomic mass is 10.0. The topological polar surface area (TPSA) is 87.4 Å². The highest BCUT2D eigenvalue weighted by atomic mass is 16.5. The Kier molecular flexibility index (Phi) is 5.81. The summed E-state index contributed by atoms with van der Waals surface area (Å²) in [5, 5.41) is 10.5. The number of amides is 2. The summed E-state index contributed by atoms with van der Waals surface area (Å²) in [5.41, 5.74) is 2.24. The number of fused-ring (bicyclic) bond motifs is 2. The van der Waals surface area contributed by atoms with Crippen molar-refractivity contribution in [3.63, 3.8) is 0 Å². The van der Waals surface area contributed by atoms with Crippen LogP contribution in [0.25, 0.3) is 33.1 Å². The first-order valence-electron chi connectivity index (χ1n) is 11.6. The first-order valence-corrected chi connectivity index (χ1v) is 11.6. The van der Waals surface area contributed by atoms with E-state index in [1.807, 2.05) is 24.0 Å². The Balaban J connectivity index is 1.55. The molecule has 1 N–H and O–H groups in total. The minimum absolute atomic E-state index is 0.0153. The number of hydrogen-bond donors (Lipinski definition) is 1. The first-order chi connectivity index (χ1) is 16.2. The van der Waals surface area contributed by atoms with Crippen molar-refractivity contribution in [2.24, 2.45) is 0 Å². The van der Waals surface area contributed by atoms with Crippen LogP contribution in [0, 0.1) is 0 Å². The molecule has 1 aliphatic rings. The van der Waals surface area contributed by atoms with Gasteiger partial charge in [-0.05, 0) is 30.2 Å². The Hall–Kier alpha value is -3.68. The maximum atomic E-state index is 12.2. The fourth-order valence-electron chi connectivity index (χ4n) is 4.36. The summed E-state index contributed by atoms with van der Waals surface area (Å²) in [4.78, 5) is 25.9. The number of hydrogen-bond acceptors (Lipinski definition) is 6. The van der Waals surface area contributed by atoms with Crippen LogP contribution in [-0.4, -0.2) is 58.8 Å². The summed E-state index contributed by atoms with van der Waals surface area (Å²) in [5.74, 6) is 1.59. The average Bonchev–Trinajstić information content (AvgIpc) is 3.28. The molecule has 2 aromatic carbocycles. The van der Waals surface area contributed by atoms with Gasteiger partial charge in [-0.2, -0.15) is 4.98 Å². The van der Waals surface area contributed by atoms with Crippen molar-refractivity contribution in [2.75, 3.05) is 37.6 Å². The van der Waals surface area contributed by atoms with E-state index in [9.17, 15) is 4.79 Å². The van der Waals surface area contributed by atoms with Gasteiger partial charge in [0.05, 0.1) is 0 Å². The second-order valence-electron chi connectivity index (χ2n) is 8.30. The number of urea groups is 1. The molecule has 4 aromatic rings. The second kappa shape index (κ2) is 9.05. The Labute approximate surface area is 192 Å². The normalized spacial score (nSPS) is 14.2. The molecule has 1 saturated heterocycles. The maximum Gasteiger partial charge on any atom is 0.317 e. The molecular formula is C25H28N6O2. The number of piperazine rings is 1. The van der Waals surface area contributed by atoms with Gasteiger partial charge in [-0.25, -0.2) is 9.78 Å². The van der Waals surface area contributed by atoms with E-state index in [0.29, 0.717) is 38.4 Å². The van der Waals surface area contributed by atoms with Crippen LogP contribution >= 0.6 is 0 Å². The predicted octanol–water partition coefficient (Wildman–Crippen LogP) is 4.24. The molecule has 1 aliphatic heterocycles. The van der Waals surface area contributed by atoms with Gasteiger partial charge >= 0.3 is 6.03 Å². The predicted molar refractivity (Wildman–Crippen MR) is 129 cm³/mol. The lowest BCUT2D eigenvalue weighted by Gasteiger charge is -2.35. The molecule has 1 fully saturated rings. The van der Waals surface area contributed by atoms with Crippen LogP contribution in [0.4, 0.5) is 10.6 Å². The number of benzene rings is 2. The highest BCUT2D eigenvalue weighted by Gasteiger charge is 2.27. The number of aromatic nitrogens is 3. The number of nitrogens with one attached hydrogen (secondary N) is 1. The third kappa shape index (κ3) is 4.08. The van der Waals surface area contributed by atoms with Gasteiger partial charge in [-0.15, -0.1) is 0 Å². The lowest BCUT2D eigenvalue weighted by molar-refractivity contribution is 0.195. The van der Waals surface area contributed by atoms with Crippen molar-refractivity contribution in [1.29, 1.82) is 0 Å². The molecule has 8 nitrogen and oxygen atoms in total. The molecule has 0 spiro atoms. The zero-order valence-electron chi connectivity index (χ0n) is 19.0. The van der Waals surface area contributed by atoms with E-state index in [1.165, 1.54) is 5.39 Å². The zero-order valence-corrected chi connectivity index (χ0v) is 19.0. The van der Waals surface area contributed by atoms with Crippen LogP contribution in [-0.2, 0) is 6.42 Å². The Morgan fingerprint density at radius 3 is 2.58 bits per heavy atom. The lowest BCUT2D eigenvalue weighted by Crippen LogP contribution is -2.52. The molecule has 0 atom stereocenters. The van der Waals surface area contributed by atoms with Crippen LogP contribution < -0.4 is 10.2 Å². The summed E-state index contributed by atoms with van der Waals surface area (Å²) in [6, 6.07) is 14.5. The van der Waals surface area contributed by atoms with Crippen molar-refractivity contribution in [2.45, 2.75) is 26.7 Å². The fourth-order valence-corrected chi connectivity index (χ4v) is 4.36. The van der Waals surface area contributed by atoms with Crippen molar-refractivity contribution in [3.8, 4) is 11.3 Å². The Bertz CT molecular complexity index is 1290. The smallest absolute Gasteiger partial charge is 0.317 e. The molecule has 0 aliphatic carbocycles. The van der Waals surface area contributed by atoms with Crippen LogP contribution in [0.5, 0.6) is 0 Å². The number of aryl methyl sites for hydroxylation is 1. The number of carbonyl (C=O) groups is 1. The molecule has 0 saturated carbocycles. The quantitative estimate of drug-likeness (QED) is 0.495. The van der Waals surface area contributed by atoms with E-state index < -0.39 is 0 Å². The number of rotatable bonds is 5. The van der Waals surface area contributed by atoms with Gasteiger partial charge in [0.25, 0.3) is 5.71 Å². The van der Waals surface area contributed by atoms with Gasteiger partial charge in [0.15, 0.2) is 0 Å². The number of nitrogens with zero attached hydrogens (tertiary/aromatic N) is 5. The van der Waals surface area contributed by atoms with Gasteiger partial charge in [-0.1, -0.05) is 48.5 Å². The van der Waals surface area contributed by atoms with E-state index >= 15 is 0 Å². The molecule has 170 valence electrons. The van der Waals surface area contributed by atoms with Crippen molar-refractivity contribution >= 4 is 33.7 Å². The van der Waals surface area contributed by atoms with E-state index in [4.69, 9.17) is 9.51 Å². The molecule has 0 bridgehead atoms. The van der Waals surface area contributed by atoms with E-state index in [0.717, 1.165) is 46.5 Å². The summed E-state index contributed by atoms with van der Waals surface area (Å²) in [7, 11) is 0. The van der Waals surface area contributed by atoms with E-state index in [2.05, 4.69) is 57.6 Å². The fraction of sp³-hybridized carbons (Fsp3) is 0.360. The van der Waals surface area contributed by atoms with Gasteiger partial charge in [0.2, 0.25) is 0 Å². The summed E-state index contributed by atoms with van der Waals surface area (Å²) in [6.07, 6.45) is 1.72. The van der Waals surface area contributed by atoms with Crippen LogP contribution in [0.2, 0.25) is 0 Å². The second-order valence-corrected chi connectivity index (χ2v) is 8.30. The minimum Gasteiger partial charge on any atom is -0.352 e. The molecule has 5 rings (SSSR count). The summed E-state index contributed by atoms with van der Waals surface area (Å²) >= 11 is 0. The van der Waals surface area contributed by atoms with Crippen molar-refractivity contribution < 1.29 is 9.32 Å². The number of carbonyl (C=O) groups excluding carboxylic acids is 1. The molecule has 33 heavy (non-hydrogen) atoms. The van der Waals surface area contributed by atoms with Gasteiger partial charge < -0.3 is 19.6 Å². The van der Waals surface area contributed by atoms with Crippen LogP contribution in [0.15, 0.2) is 47.0 Å². The zero-order chi connectivity index (χ0) is 22.8. The van der Waals surface area contributed by atoms with E-state index in [1.54, 1.807) is 0 Å². The van der Waals surface area contributed by atoms with Gasteiger partial charge in [0, 0.05) is 44.7 Å². The molecule has 2 amide bonds. The Morgan fingerprint density at radius 2 is 1.82 bits per heavy atom. The largest absolute Gasteiger partial charge is 0.352 e. The molecule has 0 unspecified atom stereocenters. The molecule has 0 radical (unpaired) electrons. The summed E-state index contributed by atoms with van der Waals surface area (Å²) in [6.45, 7) is 7.32. The van der Waals surface area contributed by atoms with Gasteiger partial charge in [-0.3, -0.25) is 0 Å². The van der Waals surface area contributed by atoms with Crippen LogP contribution in [0.1, 0.15) is 26.1 Å². The molecule has 8 heteroatoms. The Morgan fingerprint density at radius 1 is 1.03 bits per heavy atom. The third-order valence-electron chi connectivity index (χ3n) is 6.05. The van der Waals surface area contributed by atoms with Crippen LogP contribution in [0.3, 0.4) is 0 Å². The summed E-state index contributed by atoms with van der Waals surface area (Å²) < 4.78 is 5.72. The molecular weight excluding hydrogens is 416 g/mol. The van der Waals surface area contributed by atoms with Gasteiger partial charge in [0.1, 0.15) is 22.7 Å². The minimum atomic E-state index is -0.0153.